The number of piperazine rings is 1. The van der Waals surface area contributed by atoms with E-state index in [0.29, 0.717) is 11.6 Å². The Kier molecular flexibility index (Phi) is 7.54. The van der Waals surface area contributed by atoms with Crippen molar-refractivity contribution in [2.24, 2.45) is 0 Å². The third-order valence-electron chi connectivity index (χ3n) is 5.45. The monoisotopic (exact) mass is 405 g/mol. The average Bonchev–Trinajstić information content (AvgIpc) is 3.12. The van der Waals surface area contributed by atoms with E-state index >= 15 is 0 Å². The van der Waals surface area contributed by atoms with Gasteiger partial charge >= 0.3 is 6.18 Å². The van der Waals surface area contributed by atoms with Crippen LogP contribution in [0.2, 0.25) is 0 Å². The van der Waals surface area contributed by atoms with Crippen molar-refractivity contribution in [2.45, 2.75) is 37.9 Å². The molecule has 152 valence electrons. The number of carbonyl (C=O) groups excluding carboxylic acids is 1. The minimum absolute atomic E-state index is 0. The van der Waals surface area contributed by atoms with E-state index < -0.39 is 11.7 Å². The molecule has 0 aromatic heterocycles. The van der Waals surface area contributed by atoms with Crippen molar-refractivity contribution >= 4 is 18.3 Å². The van der Waals surface area contributed by atoms with Gasteiger partial charge in [-0.3, -0.25) is 9.69 Å². The van der Waals surface area contributed by atoms with Crippen molar-refractivity contribution in [3.8, 4) is 0 Å². The van der Waals surface area contributed by atoms with Gasteiger partial charge in [-0.15, -0.1) is 12.4 Å². The molecule has 2 unspecified atom stereocenters. The van der Waals surface area contributed by atoms with Crippen LogP contribution in [0.15, 0.2) is 24.3 Å². The molecule has 0 bridgehead atoms. The van der Waals surface area contributed by atoms with Crippen LogP contribution in [0.4, 0.5) is 13.2 Å². The van der Waals surface area contributed by atoms with E-state index in [4.69, 9.17) is 0 Å². The van der Waals surface area contributed by atoms with Crippen molar-refractivity contribution in [3.05, 3.63) is 35.4 Å². The summed E-state index contributed by atoms with van der Waals surface area (Å²) < 4.78 is 38.6. The second kappa shape index (κ2) is 9.26. The Morgan fingerprint density at radius 2 is 1.96 bits per heavy atom. The van der Waals surface area contributed by atoms with Gasteiger partial charge in [-0.25, -0.2) is 0 Å². The zero-order valence-electron chi connectivity index (χ0n) is 15.5. The van der Waals surface area contributed by atoms with Crippen LogP contribution in [0.1, 0.15) is 36.8 Å². The van der Waals surface area contributed by atoms with Gasteiger partial charge in [-0.2, -0.15) is 13.2 Å². The Balaban J connectivity index is 0.00000261. The predicted octanol–water partition coefficient (Wildman–Crippen LogP) is 3.13. The van der Waals surface area contributed by atoms with Crippen molar-refractivity contribution in [1.29, 1.82) is 0 Å². The topological polar surface area (TPSA) is 35.6 Å². The number of hydrogen-bond donors (Lipinski definition) is 1. The van der Waals surface area contributed by atoms with Gasteiger partial charge in [-0.1, -0.05) is 25.1 Å². The predicted molar refractivity (Wildman–Crippen MR) is 101 cm³/mol. The molecule has 0 aliphatic carbocycles. The van der Waals surface area contributed by atoms with Crippen LogP contribution >= 0.6 is 12.4 Å². The Bertz CT molecular complexity index is 635. The first kappa shape index (κ1) is 22.0. The SMILES string of the molecule is CC(CC(=O)N1CCC(N2CCNCC2)C1)c1cccc(C(F)(F)F)c1.Cl. The van der Waals surface area contributed by atoms with Gasteiger partial charge < -0.3 is 10.2 Å². The number of alkyl halides is 3. The standard InChI is InChI=1S/C19H26F3N3O.ClH/c1-14(15-3-2-4-16(12-15)19(20,21)22)11-18(26)25-8-5-17(13-25)24-9-6-23-7-10-24;/h2-4,12,14,17,23H,5-11,13H2,1H3;1H. The largest absolute Gasteiger partial charge is 0.416 e. The summed E-state index contributed by atoms with van der Waals surface area (Å²) in [5, 5.41) is 3.33. The summed E-state index contributed by atoms with van der Waals surface area (Å²) >= 11 is 0. The van der Waals surface area contributed by atoms with E-state index in [2.05, 4.69) is 10.2 Å². The minimum atomic E-state index is -4.36. The lowest BCUT2D eigenvalue weighted by Crippen LogP contribution is -2.49. The van der Waals surface area contributed by atoms with E-state index in [1.54, 1.807) is 6.07 Å². The highest BCUT2D eigenvalue weighted by Crippen LogP contribution is 2.32. The van der Waals surface area contributed by atoms with Crippen molar-refractivity contribution in [3.63, 3.8) is 0 Å². The van der Waals surface area contributed by atoms with Gasteiger partial charge in [0.1, 0.15) is 0 Å². The van der Waals surface area contributed by atoms with E-state index in [1.165, 1.54) is 6.07 Å². The van der Waals surface area contributed by atoms with Crippen LogP contribution in [0.3, 0.4) is 0 Å². The first-order valence-corrected chi connectivity index (χ1v) is 9.24. The summed E-state index contributed by atoms with van der Waals surface area (Å²) in [6.45, 7) is 7.27. The molecule has 1 aromatic carbocycles. The molecule has 0 saturated carbocycles. The third kappa shape index (κ3) is 5.59. The number of amides is 1. The molecular weight excluding hydrogens is 379 g/mol. The number of benzene rings is 1. The van der Waals surface area contributed by atoms with E-state index in [9.17, 15) is 18.0 Å². The molecule has 2 fully saturated rings. The lowest BCUT2D eigenvalue weighted by Gasteiger charge is -2.32. The van der Waals surface area contributed by atoms with Crippen molar-refractivity contribution in [2.75, 3.05) is 39.3 Å². The molecule has 1 amide bonds. The summed E-state index contributed by atoms with van der Waals surface area (Å²) in [6.07, 6.45) is -3.13. The van der Waals surface area contributed by atoms with Gasteiger partial charge in [0, 0.05) is 51.7 Å². The second-order valence-electron chi connectivity index (χ2n) is 7.30. The van der Waals surface area contributed by atoms with Gasteiger partial charge in [0.2, 0.25) is 5.91 Å². The maximum Gasteiger partial charge on any atom is 0.416 e. The molecule has 1 aromatic rings. The molecule has 2 aliphatic rings. The highest BCUT2D eigenvalue weighted by atomic mass is 35.5. The lowest BCUT2D eigenvalue weighted by atomic mass is 9.95. The smallest absolute Gasteiger partial charge is 0.341 e. The quantitative estimate of drug-likeness (QED) is 0.836. The molecule has 4 nitrogen and oxygen atoms in total. The lowest BCUT2D eigenvalue weighted by molar-refractivity contribution is -0.137. The molecule has 2 atom stereocenters. The molecule has 27 heavy (non-hydrogen) atoms. The van der Waals surface area contributed by atoms with Crippen molar-refractivity contribution in [1.82, 2.24) is 15.1 Å². The number of nitrogens with one attached hydrogen (secondary N) is 1. The summed E-state index contributed by atoms with van der Waals surface area (Å²) in [6, 6.07) is 5.71. The molecule has 1 N–H and O–H groups in total. The average molecular weight is 406 g/mol. The van der Waals surface area contributed by atoms with Crippen LogP contribution in [0.5, 0.6) is 0 Å². The Morgan fingerprint density at radius 3 is 2.63 bits per heavy atom. The number of rotatable bonds is 4. The van der Waals surface area contributed by atoms with Crippen molar-refractivity contribution < 1.29 is 18.0 Å². The molecule has 3 rings (SSSR count). The molecule has 2 aliphatic heterocycles. The van der Waals surface area contributed by atoms with Crippen LogP contribution in [0.25, 0.3) is 0 Å². The summed E-state index contributed by atoms with van der Waals surface area (Å²) in [5.41, 5.74) is -0.0970. The fourth-order valence-corrected chi connectivity index (χ4v) is 3.84. The fraction of sp³-hybridized carbons (Fsp3) is 0.632. The number of likely N-dealkylation sites (tertiary alicyclic amines) is 1. The molecule has 2 saturated heterocycles. The highest BCUT2D eigenvalue weighted by molar-refractivity contribution is 5.85. The zero-order chi connectivity index (χ0) is 18.7. The van der Waals surface area contributed by atoms with Crippen LogP contribution < -0.4 is 5.32 Å². The highest BCUT2D eigenvalue weighted by Gasteiger charge is 2.33. The Morgan fingerprint density at radius 1 is 1.26 bits per heavy atom. The first-order valence-electron chi connectivity index (χ1n) is 9.24. The molecule has 8 heteroatoms. The zero-order valence-corrected chi connectivity index (χ0v) is 16.3. The molecule has 0 radical (unpaired) electrons. The van der Waals surface area contributed by atoms with Gasteiger partial charge in [0.25, 0.3) is 0 Å². The summed E-state index contributed by atoms with van der Waals surface area (Å²) in [5.74, 6) is -0.199. The molecule has 2 heterocycles. The number of hydrogen-bond acceptors (Lipinski definition) is 3. The van der Waals surface area contributed by atoms with Gasteiger partial charge in [0.15, 0.2) is 0 Å². The van der Waals surface area contributed by atoms with E-state index in [0.717, 1.165) is 57.8 Å². The number of halogens is 4. The normalized spacial score (nSPS) is 22.4. The third-order valence-corrected chi connectivity index (χ3v) is 5.45. The molecular formula is C19H27ClF3N3O. The summed E-state index contributed by atoms with van der Waals surface area (Å²) in [4.78, 5) is 16.9. The van der Waals surface area contributed by atoms with E-state index in [1.807, 2.05) is 11.8 Å². The first-order chi connectivity index (χ1) is 12.3. The fourth-order valence-electron chi connectivity index (χ4n) is 3.84. The number of nitrogens with zero attached hydrogens (tertiary/aromatic N) is 2. The van der Waals surface area contributed by atoms with Crippen LogP contribution in [-0.4, -0.2) is 61.0 Å². The molecule has 0 spiro atoms. The van der Waals surface area contributed by atoms with Gasteiger partial charge in [-0.05, 0) is 24.0 Å². The van der Waals surface area contributed by atoms with Gasteiger partial charge in [0.05, 0.1) is 5.56 Å². The Hall–Kier alpha value is -1.31. The maximum atomic E-state index is 12.9. The Labute approximate surface area is 164 Å². The van der Waals surface area contributed by atoms with E-state index in [-0.39, 0.29) is 30.7 Å². The minimum Gasteiger partial charge on any atom is -0.341 e. The summed E-state index contributed by atoms with van der Waals surface area (Å²) in [7, 11) is 0. The number of carbonyl (C=O) groups is 1. The second-order valence-corrected chi connectivity index (χ2v) is 7.30. The maximum absolute atomic E-state index is 12.9. The van der Waals surface area contributed by atoms with Crippen LogP contribution in [0, 0.1) is 0 Å². The van der Waals surface area contributed by atoms with Crippen LogP contribution in [-0.2, 0) is 11.0 Å².